The highest BCUT2D eigenvalue weighted by Gasteiger charge is 2.30. The van der Waals surface area contributed by atoms with Crippen LogP contribution in [0.2, 0.25) is 15.1 Å². The van der Waals surface area contributed by atoms with Crippen molar-refractivity contribution in [3.8, 4) is 69.0 Å². The van der Waals surface area contributed by atoms with Gasteiger partial charge < -0.3 is 58.3 Å². The van der Waals surface area contributed by atoms with E-state index < -0.39 is 23.0 Å². The minimum Gasteiger partial charge on any atom is -0.508 e. The van der Waals surface area contributed by atoms with Crippen LogP contribution in [0.3, 0.4) is 0 Å². The first-order valence-corrected chi connectivity index (χ1v) is 44.5. The number of hydrogen-bond acceptors (Lipinski definition) is 24. The van der Waals surface area contributed by atoms with Crippen LogP contribution in [0.4, 0.5) is 13.2 Å². The highest BCUT2D eigenvalue weighted by Crippen LogP contribution is 2.50. The van der Waals surface area contributed by atoms with Crippen molar-refractivity contribution in [3.63, 3.8) is 0 Å². The second-order valence-electron chi connectivity index (χ2n) is 29.9. The van der Waals surface area contributed by atoms with Gasteiger partial charge >= 0.3 is 0 Å². The van der Waals surface area contributed by atoms with E-state index >= 15 is 0 Å². The number of phenols is 4. The minimum absolute atomic E-state index is 0.0107. The lowest BCUT2D eigenvalue weighted by Crippen LogP contribution is -2.04. The number of ether oxygens (including phenoxy) is 8. The molecule has 134 heavy (non-hydrogen) atoms. The molecule has 16 rings (SSSR count). The van der Waals surface area contributed by atoms with Gasteiger partial charge in [0.15, 0.2) is 28.7 Å². The van der Waals surface area contributed by atoms with Crippen molar-refractivity contribution in [2.24, 2.45) is 0 Å². The molecule has 0 radical (unpaired) electrons. The first-order chi connectivity index (χ1) is 64.3. The summed E-state index contributed by atoms with van der Waals surface area (Å²) in [4.78, 5) is 96.4. The number of hydrogen-bond donors (Lipinski definition) is 4. The topological polar surface area (TPSA) is 291 Å². The van der Waals surface area contributed by atoms with Crippen molar-refractivity contribution in [3.05, 3.63) is 372 Å². The van der Waals surface area contributed by atoms with Crippen molar-refractivity contribution < 1.29 is 110 Å². The molecule has 0 atom stereocenters. The third kappa shape index (κ3) is 22.8. The molecule has 4 heterocycles. The van der Waals surface area contributed by atoms with Gasteiger partial charge in [-0.05, 0) is 222 Å². The predicted molar refractivity (Wildman–Crippen MR) is 517 cm³/mol. The first kappa shape index (κ1) is 96.6. The lowest BCUT2D eigenvalue weighted by atomic mass is 10.0. The fourth-order valence-corrected chi connectivity index (χ4v) is 19.3. The summed E-state index contributed by atoms with van der Waals surface area (Å²) < 4.78 is 88.4. The maximum atomic E-state index is 14.5. The molecule has 0 saturated carbocycles. The zero-order valence-electron chi connectivity index (χ0n) is 71.8. The summed E-state index contributed by atoms with van der Waals surface area (Å²) in [6.45, 7) is 16.3. The van der Waals surface area contributed by atoms with Gasteiger partial charge in [0.2, 0.25) is 23.1 Å². The molecule has 20 nitrogen and oxygen atoms in total. The number of aryl methyl sites for hydroxylation is 8. The van der Waals surface area contributed by atoms with Crippen LogP contribution < -0.4 is 18.9 Å². The Bertz CT molecular complexity index is 7420. The van der Waals surface area contributed by atoms with E-state index in [0.717, 1.165) is 91.3 Å². The largest absolute Gasteiger partial charge is 0.508 e. The number of phenolic OH excluding ortho intramolecular Hbond substituents is 4. The average molecular weight is 1940 g/mol. The number of rotatable bonds is 28. The van der Waals surface area contributed by atoms with Crippen molar-refractivity contribution in [1.82, 2.24) is 0 Å². The summed E-state index contributed by atoms with van der Waals surface area (Å²) in [5, 5.41) is 42.9. The summed E-state index contributed by atoms with van der Waals surface area (Å²) in [5.41, 5.74) is 10.8. The maximum absolute atomic E-state index is 14.5. The number of carbonyl (C=O) groups is 8. The van der Waals surface area contributed by atoms with Crippen LogP contribution in [0.25, 0.3) is 64.6 Å². The molecule has 0 aliphatic carbocycles. The molecular weight excluding hydrogens is 1860 g/mol. The molecule has 0 fully saturated rings. The van der Waals surface area contributed by atoms with E-state index in [2.05, 4.69) is 18.9 Å². The third-order valence-corrected chi connectivity index (χ3v) is 25.6. The van der Waals surface area contributed by atoms with E-state index in [9.17, 15) is 72.0 Å². The molecule has 12 aromatic carbocycles. The smallest absolute Gasteiger partial charge is 0.297 e. The molecule has 4 N–H and O–H groups in total. The normalized spacial score (nSPS) is 11.1. The van der Waals surface area contributed by atoms with E-state index in [0.29, 0.717) is 125 Å². The van der Waals surface area contributed by atoms with Crippen LogP contribution in [0.15, 0.2) is 231 Å². The Labute approximate surface area is 794 Å². The van der Waals surface area contributed by atoms with Gasteiger partial charge in [0.1, 0.15) is 77.2 Å². The Kier molecular flexibility index (Phi) is 31.3. The highest BCUT2D eigenvalue weighted by atomic mass is 35.5. The Morgan fingerprint density at radius 2 is 0.627 bits per heavy atom. The monoisotopic (exact) mass is 1930 g/mol. The number of benzene rings is 12. The molecule has 16 aromatic rings. The maximum Gasteiger partial charge on any atom is 0.297 e. The quantitative estimate of drug-likeness (QED) is 0.0153. The molecule has 0 aliphatic heterocycles. The molecule has 0 aliphatic rings. The van der Waals surface area contributed by atoms with E-state index in [4.69, 9.17) is 53.8 Å². The summed E-state index contributed by atoms with van der Waals surface area (Å²) in [6.07, 6.45) is 9.77. The molecule has 30 heteroatoms. The number of carbonyl (C=O) groups excluding carboxylic acids is 8. The molecular formula is C104H74Cl3F3O20S4. The molecule has 0 spiro atoms. The standard InChI is InChI=1S/C26H18Cl2O5S.C26H19ClO5S.C26H18F2O5S.C26H19FO5S/c1-14-3-5-18(15(2)9-14)23(31)26-24(19-6-4-17(30)12-22(19)34-26)33-25-20(27)10-16(11-21(25)28)7-8-32-13-29;1-15-3-6-19(16(2)11-15)24(30)26-25(20-7-5-18(29)13-23(20)33-26)32-22-8-4-17(12-21(22)27)9-10-31-14-28;1-14-3-5-18(15(2)9-14)24(31)26-25(20-6-4-16(30)10-23(20)34-26)33-17-11-21(27)19(22(28)12-17)7-8-32-13-29;1-15-3-7-20(16(2)11-15)24(30)26-25(21-8-5-18(29)12-23(21)33-26)32-19-6-4-17(22(27)13-19)9-10-31-14-28/h3-13,30H,1-2H3;3-14,29H,1-2H3;3-13,30H,1-2H3;3-14,29H,1-2H3/b8-7+;10-9+;8-7+;10-9+. The number of aromatic hydroxyl groups is 4. The number of halogens is 6. The Hall–Kier alpha value is -14.9. The predicted octanol–water partition coefficient (Wildman–Crippen LogP) is 27.9. The molecule has 0 unspecified atom stereocenters. The van der Waals surface area contributed by atoms with Crippen molar-refractivity contribution in [2.45, 2.75) is 55.4 Å². The lowest BCUT2D eigenvalue weighted by molar-refractivity contribution is -0.124. The molecule has 0 amide bonds. The van der Waals surface area contributed by atoms with E-state index in [1.54, 1.807) is 109 Å². The second-order valence-corrected chi connectivity index (χ2v) is 35.3. The summed E-state index contributed by atoms with van der Waals surface area (Å²) in [6, 6.07) is 55.7. The first-order valence-electron chi connectivity index (χ1n) is 40.1. The van der Waals surface area contributed by atoms with Gasteiger partial charge in [-0.15, -0.1) is 45.3 Å². The van der Waals surface area contributed by atoms with Crippen molar-refractivity contribution in [2.75, 3.05) is 0 Å². The summed E-state index contributed by atoms with van der Waals surface area (Å²) in [7, 11) is 0. The zero-order chi connectivity index (χ0) is 95.9. The van der Waals surface area contributed by atoms with Crippen molar-refractivity contribution in [1.29, 1.82) is 0 Å². The van der Waals surface area contributed by atoms with Gasteiger partial charge in [-0.2, -0.15) is 0 Å². The molecule has 0 saturated heterocycles. The lowest BCUT2D eigenvalue weighted by Gasteiger charge is -2.12. The summed E-state index contributed by atoms with van der Waals surface area (Å²) in [5.74, 6) is -1.39. The van der Waals surface area contributed by atoms with Gasteiger partial charge in [-0.1, -0.05) is 136 Å². The fraction of sp³-hybridized carbons (Fsp3) is 0.0769. The highest BCUT2D eigenvalue weighted by molar-refractivity contribution is 7.22. The summed E-state index contributed by atoms with van der Waals surface area (Å²) >= 11 is 24.1. The molecule has 676 valence electrons. The Balaban J connectivity index is 0.000000152. The van der Waals surface area contributed by atoms with E-state index in [1.165, 1.54) is 95.1 Å². The third-order valence-electron chi connectivity index (χ3n) is 20.2. The van der Waals surface area contributed by atoms with Crippen LogP contribution in [0.1, 0.15) is 128 Å². The van der Waals surface area contributed by atoms with Gasteiger partial charge in [0, 0.05) is 91.9 Å². The van der Waals surface area contributed by atoms with Crippen LogP contribution >= 0.6 is 80.1 Å². The fourth-order valence-electron chi connectivity index (χ4n) is 14.0. The van der Waals surface area contributed by atoms with E-state index in [1.807, 2.05) is 110 Å². The SMILES string of the molecule is Cc1ccc(C(=O)c2sc3cc(O)ccc3c2Oc2c(Cl)cc(/C=C/OC=O)cc2Cl)c(C)c1.Cc1ccc(C(=O)c2sc3cc(O)ccc3c2Oc2cc(F)c(/C=C/OC=O)c(F)c2)c(C)c1.Cc1ccc(C(=O)c2sc3cc(O)ccc3c2Oc2ccc(/C=C/OC=O)c(F)c2)c(C)c1.Cc1ccc(C(=O)c2sc3cc(O)ccc3c2Oc2ccc(/C=C/OC=O)cc2Cl)c(C)c1. The van der Waals surface area contributed by atoms with Crippen LogP contribution in [-0.4, -0.2) is 69.4 Å². The number of fused-ring (bicyclic) bond motifs is 4. The Morgan fingerprint density at radius 3 is 0.978 bits per heavy atom. The van der Waals surface area contributed by atoms with E-state index in [-0.39, 0.29) is 103 Å². The van der Waals surface area contributed by atoms with Crippen LogP contribution in [0, 0.1) is 72.8 Å². The number of ketones is 4. The van der Waals surface area contributed by atoms with Crippen LogP contribution in [0.5, 0.6) is 69.0 Å². The molecule has 4 aromatic heterocycles. The Morgan fingerprint density at radius 1 is 0.306 bits per heavy atom. The van der Waals surface area contributed by atoms with Crippen LogP contribution in [-0.2, 0) is 38.1 Å². The number of thiophene rings is 4. The zero-order valence-corrected chi connectivity index (χ0v) is 77.3. The molecule has 0 bridgehead atoms. The minimum atomic E-state index is -0.944. The van der Waals surface area contributed by atoms with Crippen molar-refractivity contribution >= 4 is 194 Å². The second kappa shape index (κ2) is 43.4. The van der Waals surface area contributed by atoms with Gasteiger partial charge in [0.25, 0.3) is 25.9 Å². The van der Waals surface area contributed by atoms with Gasteiger partial charge in [-0.3, -0.25) is 38.4 Å². The van der Waals surface area contributed by atoms with Gasteiger partial charge in [0.05, 0.1) is 40.1 Å². The average Bonchev–Trinajstić information content (AvgIpc) is 1.65. The van der Waals surface area contributed by atoms with Gasteiger partial charge in [-0.25, -0.2) is 13.2 Å².